The van der Waals surface area contributed by atoms with Crippen molar-refractivity contribution in [2.45, 2.75) is 33.4 Å². The monoisotopic (exact) mass is 249 g/mol. The molecule has 2 N–H and O–H groups in total. The summed E-state index contributed by atoms with van der Waals surface area (Å²) in [5, 5.41) is 6.22. The molecule has 1 aromatic carbocycles. The van der Waals surface area contributed by atoms with Crippen LogP contribution in [0.15, 0.2) is 23.2 Å². The van der Waals surface area contributed by atoms with Gasteiger partial charge in [0.2, 0.25) is 0 Å². The first kappa shape index (κ1) is 14.4. The van der Waals surface area contributed by atoms with E-state index in [0.717, 1.165) is 17.3 Å². The lowest BCUT2D eigenvalue weighted by Crippen LogP contribution is -2.34. The average molecular weight is 249 g/mol. The number of guanidine groups is 1. The first-order valence-electron chi connectivity index (χ1n) is 6.21. The SMILES string of the molecule is CN=C(NC)NCc1ccc(C)cc1OC(C)C. The summed E-state index contributed by atoms with van der Waals surface area (Å²) in [6, 6.07) is 6.24. The summed E-state index contributed by atoms with van der Waals surface area (Å²) in [6.07, 6.45) is 0.175. The molecule has 0 aromatic heterocycles. The second kappa shape index (κ2) is 6.89. The standard InChI is InChI=1S/C14H23N3O/c1-10(2)18-13-8-11(3)6-7-12(13)9-17-14(15-4)16-5/h6-8,10H,9H2,1-5H3,(H2,15,16,17). The van der Waals surface area contributed by atoms with Gasteiger partial charge in [0.15, 0.2) is 5.96 Å². The van der Waals surface area contributed by atoms with Crippen LogP contribution in [-0.4, -0.2) is 26.2 Å². The summed E-state index contributed by atoms with van der Waals surface area (Å²) in [4.78, 5) is 4.08. The molecule has 1 aromatic rings. The number of rotatable bonds is 4. The number of nitrogens with zero attached hydrogens (tertiary/aromatic N) is 1. The number of aliphatic imine (C=N–C) groups is 1. The van der Waals surface area contributed by atoms with Gasteiger partial charge in [-0.1, -0.05) is 12.1 Å². The van der Waals surface area contributed by atoms with Gasteiger partial charge < -0.3 is 15.4 Å². The summed E-state index contributed by atoms with van der Waals surface area (Å²) < 4.78 is 5.83. The van der Waals surface area contributed by atoms with E-state index in [4.69, 9.17) is 4.74 Å². The van der Waals surface area contributed by atoms with E-state index in [-0.39, 0.29) is 6.10 Å². The van der Waals surface area contributed by atoms with E-state index in [1.807, 2.05) is 20.9 Å². The summed E-state index contributed by atoms with van der Waals surface area (Å²) >= 11 is 0. The molecule has 0 unspecified atom stereocenters. The highest BCUT2D eigenvalue weighted by molar-refractivity contribution is 5.79. The molecule has 0 saturated heterocycles. The van der Waals surface area contributed by atoms with Crippen molar-refractivity contribution in [2.75, 3.05) is 14.1 Å². The van der Waals surface area contributed by atoms with Crippen molar-refractivity contribution in [3.63, 3.8) is 0 Å². The number of benzene rings is 1. The summed E-state index contributed by atoms with van der Waals surface area (Å²) in [5.41, 5.74) is 2.33. The molecule has 1 rings (SSSR count). The van der Waals surface area contributed by atoms with E-state index in [1.54, 1.807) is 7.05 Å². The van der Waals surface area contributed by atoms with Gasteiger partial charge in [0.05, 0.1) is 6.10 Å². The van der Waals surface area contributed by atoms with Crippen LogP contribution in [0.5, 0.6) is 5.75 Å². The van der Waals surface area contributed by atoms with Crippen molar-refractivity contribution >= 4 is 5.96 Å². The van der Waals surface area contributed by atoms with Crippen LogP contribution in [0, 0.1) is 6.92 Å². The first-order chi connectivity index (χ1) is 8.56. The number of ether oxygens (including phenoxy) is 1. The zero-order valence-electron chi connectivity index (χ0n) is 11.9. The molecule has 0 aliphatic carbocycles. The Morgan fingerprint density at radius 3 is 2.67 bits per heavy atom. The molecule has 0 bridgehead atoms. The van der Waals surface area contributed by atoms with Gasteiger partial charge in [-0.2, -0.15) is 0 Å². The molecular weight excluding hydrogens is 226 g/mol. The number of hydrogen-bond donors (Lipinski definition) is 2. The molecule has 0 aliphatic heterocycles. The maximum atomic E-state index is 5.83. The fourth-order valence-corrected chi connectivity index (χ4v) is 1.63. The van der Waals surface area contributed by atoms with E-state index in [2.05, 4.69) is 40.7 Å². The molecule has 100 valence electrons. The molecule has 0 amide bonds. The van der Waals surface area contributed by atoms with Crippen molar-refractivity contribution in [2.24, 2.45) is 4.99 Å². The van der Waals surface area contributed by atoms with Gasteiger partial charge >= 0.3 is 0 Å². The first-order valence-corrected chi connectivity index (χ1v) is 6.21. The molecule has 0 heterocycles. The minimum absolute atomic E-state index is 0.175. The molecule has 0 fully saturated rings. The van der Waals surface area contributed by atoms with Crippen LogP contribution in [0.2, 0.25) is 0 Å². The quantitative estimate of drug-likeness (QED) is 0.634. The molecule has 4 heteroatoms. The third kappa shape index (κ3) is 4.28. The van der Waals surface area contributed by atoms with E-state index >= 15 is 0 Å². The van der Waals surface area contributed by atoms with Gasteiger partial charge in [0.25, 0.3) is 0 Å². The Balaban J connectivity index is 2.80. The highest BCUT2D eigenvalue weighted by Gasteiger charge is 2.06. The zero-order chi connectivity index (χ0) is 13.5. The van der Waals surface area contributed by atoms with Crippen molar-refractivity contribution in [3.05, 3.63) is 29.3 Å². The molecule has 0 radical (unpaired) electrons. The fraction of sp³-hybridized carbons (Fsp3) is 0.500. The Labute approximate surface area is 109 Å². The Bertz CT molecular complexity index is 414. The second-order valence-corrected chi connectivity index (χ2v) is 4.45. The average Bonchev–Trinajstić information content (AvgIpc) is 2.32. The van der Waals surface area contributed by atoms with Crippen LogP contribution in [0.4, 0.5) is 0 Å². The van der Waals surface area contributed by atoms with E-state index in [9.17, 15) is 0 Å². The summed E-state index contributed by atoms with van der Waals surface area (Å²) in [7, 11) is 3.59. The predicted molar refractivity (Wildman–Crippen MR) is 76.2 cm³/mol. The fourth-order valence-electron chi connectivity index (χ4n) is 1.63. The normalized spacial score (nSPS) is 11.6. The minimum atomic E-state index is 0.175. The van der Waals surface area contributed by atoms with Crippen molar-refractivity contribution in [1.29, 1.82) is 0 Å². The molecule has 0 spiro atoms. The highest BCUT2D eigenvalue weighted by atomic mass is 16.5. The lowest BCUT2D eigenvalue weighted by Gasteiger charge is -2.16. The third-order valence-electron chi connectivity index (χ3n) is 2.49. The minimum Gasteiger partial charge on any atom is -0.491 e. The van der Waals surface area contributed by atoms with Crippen molar-refractivity contribution < 1.29 is 4.74 Å². The van der Waals surface area contributed by atoms with Crippen LogP contribution in [0.1, 0.15) is 25.0 Å². The Morgan fingerprint density at radius 1 is 1.39 bits per heavy atom. The van der Waals surface area contributed by atoms with Gasteiger partial charge in [-0.3, -0.25) is 4.99 Å². The Hall–Kier alpha value is -1.71. The van der Waals surface area contributed by atoms with Crippen molar-refractivity contribution in [1.82, 2.24) is 10.6 Å². The lowest BCUT2D eigenvalue weighted by atomic mass is 10.1. The highest BCUT2D eigenvalue weighted by Crippen LogP contribution is 2.21. The van der Waals surface area contributed by atoms with Gasteiger partial charge in [-0.05, 0) is 32.4 Å². The molecule has 0 aliphatic rings. The van der Waals surface area contributed by atoms with Crippen LogP contribution in [0.3, 0.4) is 0 Å². The molecule has 0 saturated carbocycles. The van der Waals surface area contributed by atoms with Gasteiger partial charge in [0, 0.05) is 26.2 Å². The van der Waals surface area contributed by atoms with Gasteiger partial charge in [-0.25, -0.2) is 0 Å². The Kier molecular flexibility index (Phi) is 5.49. The third-order valence-corrected chi connectivity index (χ3v) is 2.49. The maximum Gasteiger partial charge on any atom is 0.190 e. The second-order valence-electron chi connectivity index (χ2n) is 4.45. The predicted octanol–water partition coefficient (Wildman–Crippen LogP) is 2.08. The van der Waals surface area contributed by atoms with Crippen LogP contribution in [-0.2, 0) is 6.54 Å². The zero-order valence-corrected chi connectivity index (χ0v) is 11.9. The largest absolute Gasteiger partial charge is 0.491 e. The van der Waals surface area contributed by atoms with Crippen molar-refractivity contribution in [3.8, 4) is 5.75 Å². The summed E-state index contributed by atoms with van der Waals surface area (Å²) in [6.45, 7) is 6.82. The van der Waals surface area contributed by atoms with E-state index in [0.29, 0.717) is 6.54 Å². The lowest BCUT2D eigenvalue weighted by molar-refractivity contribution is 0.239. The summed E-state index contributed by atoms with van der Waals surface area (Å²) in [5.74, 6) is 1.70. The molecule has 0 atom stereocenters. The van der Waals surface area contributed by atoms with Gasteiger partial charge in [-0.15, -0.1) is 0 Å². The number of nitrogens with one attached hydrogen (secondary N) is 2. The molecular formula is C14H23N3O. The molecule has 4 nitrogen and oxygen atoms in total. The van der Waals surface area contributed by atoms with Crippen LogP contribution >= 0.6 is 0 Å². The van der Waals surface area contributed by atoms with E-state index in [1.165, 1.54) is 5.56 Å². The van der Waals surface area contributed by atoms with Crippen LogP contribution in [0.25, 0.3) is 0 Å². The van der Waals surface area contributed by atoms with Crippen LogP contribution < -0.4 is 15.4 Å². The molecule has 18 heavy (non-hydrogen) atoms. The van der Waals surface area contributed by atoms with Gasteiger partial charge in [0.1, 0.15) is 5.75 Å². The topological polar surface area (TPSA) is 45.7 Å². The number of aryl methyl sites for hydroxylation is 1. The number of hydrogen-bond acceptors (Lipinski definition) is 2. The Morgan fingerprint density at radius 2 is 2.11 bits per heavy atom. The maximum absolute atomic E-state index is 5.83. The van der Waals surface area contributed by atoms with E-state index < -0.39 is 0 Å². The smallest absolute Gasteiger partial charge is 0.190 e.